The van der Waals surface area contributed by atoms with Gasteiger partial charge >= 0.3 is 13.8 Å². The summed E-state index contributed by atoms with van der Waals surface area (Å²) in [5, 5.41) is 0. The Morgan fingerprint density at radius 2 is 0.892 bits per heavy atom. The molecule has 0 aromatic heterocycles. The van der Waals surface area contributed by atoms with Gasteiger partial charge in [-0.05, 0) is 89.9 Å². The lowest BCUT2D eigenvalue weighted by molar-refractivity contribution is -0.870. The number of carbonyl (C=O) groups is 1. The normalized spacial score (nSPS) is 14.2. The van der Waals surface area contributed by atoms with Crippen LogP contribution in [0.5, 0.6) is 0 Å². The number of nitrogens with zero attached hydrogens (tertiary/aromatic N) is 1. The fraction of sp³-hybridized carbons (Fsp3) is 0.732. The molecule has 1 N–H and O–H groups in total. The summed E-state index contributed by atoms with van der Waals surface area (Å²) in [7, 11) is 1.63. The van der Waals surface area contributed by atoms with Crippen LogP contribution in [0.3, 0.4) is 0 Å². The number of phosphoric acid groups is 1. The number of carbonyl (C=O) groups excluding carboxylic acids is 1. The average Bonchev–Trinajstić information content (AvgIpc) is 3.27. The van der Waals surface area contributed by atoms with Crippen molar-refractivity contribution < 1.29 is 37.3 Å². The summed E-state index contributed by atoms with van der Waals surface area (Å²) in [4.78, 5) is 23.0. The van der Waals surface area contributed by atoms with Crippen LogP contribution in [0.2, 0.25) is 0 Å². The quantitative estimate of drug-likeness (QED) is 0.0214. The van der Waals surface area contributed by atoms with Gasteiger partial charge in [0.1, 0.15) is 19.3 Å². The van der Waals surface area contributed by atoms with Gasteiger partial charge in [0.2, 0.25) is 0 Å². The molecule has 2 unspecified atom stereocenters. The summed E-state index contributed by atoms with van der Waals surface area (Å²) in [5.41, 5.74) is 0. The van der Waals surface area contributed by atoms with Gasteiger partial charge in [-0.15, -0.1) is 0 Å². The van der Waals surface area contributed by atoms with E-state index in [1.807, 2.05) is 21.1 Å². The highest BCUT2D eigenvalue weighted by atomic mass is 31.2. The number of allylic oxidation sites excluding steroid dienone is 14. The van der Waals surface area contributed by atoms with E-state index >= 15 is 0 Å². The molecule has 0 aliphatic heterocycles. The molecule has 0 aliphatic carbocycles. The molecule has 0 amide bonds. The van der Waals surface area contributed by atoms with Gasteiger partial charge in [-0.25, -0.2) is 4.57 Å². The summed E-state index contributed by atoms with van der Waals surface area (Å²) in [5.74, 6) is -0.346. The molecule has 0 fully saturated rings. The fourth-order valence-electron chi connectivity index (χ4n) is 6.90. The van der Waals surface area contributed by atoms with Gasteiger partial charge in [-0.3, -0.25) is 13.8 Å². The van der Waals surface area contributed by atoms with Crippen molar-refractivity contribution in [2.24, 2.45) is 0 Å². The second kappa shape index (κ2) is 48.1. The zero-order valence-corrected chi connectivity index (χ0v) is 43.6. The number of hydrogen-bond acceptors (Lipinski definition) is 6. The van der Waals surface area contributed by atoms with E-state index in [1.165, 1.54) is 109 Å². The Kier molecular flexibility index (Phi) is 46.4. The van der Waals surface area contributed by atoms with E-state index < -0.39 is 13.9 Å². The van der Waals surface area contributed by atoms with Crippen LogP contribution in [0, 0.1) is 0 Å². The van der Waals surface area contributed by atoms with Crippen LogP contribution in [-0.2, 0) is 27.9 Å². The number of esters is 1. The summed E-state index contributed by atoms with van der Waals surface area (Å²) >= 11 is 0. The largest absolute Gasteiger partial charge is 0.472 e. The molecule has 0 bridgehead atoms. The highest BCUT2D eigenvalue weighted by Crippen LogP contribution is 2.43. The fourth-order valence-corrected chi connectivity index (χ4v) is 7.65. The van der Waals surface area contributed by atoms with E-state index in [-0.39, 0.29) is 32.2 Å². The summed E-state index contributed by atoms with van der Waals surface area (Å²) < 4.78 is 35.1. The molecule has 376 valence electrons. The number of unbranched alkanes of at least 4 members (excludes halogenated alkanes) is 20. The maximum absolute atomic E-state index is 12.8. The molecule has 0 saturated carbocycles. The molecule has 0 aromatic rings. The van der Waals surface area contributed by atoms with Crippen molar-refractivity contribution in [1.29, 1.82) is 0 Å². The van der Waals surface area contributed by atoms with Crippen molar-refractivity contribution in [3.63, 3.8) is 0 Å². The minimum Gasteiger partial charge on any atom is -0.457 e. The first kappa shape index (κ1) is 62.7. The Hall–Kier alpha value is -2.32. The third kappa shape index (κ3) is 52.5. The monoisotopic (exact) mass is 931 g/mol. The predicted octanol–water partition coefficient (Wildman–Crippen LogP) is 16.4. The molecule has 8 nitrogen and oxygen atoms in total. The second-order valence-electron chi connectivity index (χ2n) is 18.5. The van der Waals surface area contributed by atoms with Crippen molar-refractivity contribution in [3.05, 3.63) is 85.1 Å². The Balaban J connectivity index is 4.18. The van der Waals surface area contributed by atoms with Gasteiger partial charge in [0.05, 0.1) is 34.4 Å². The first-order chi connectivity index (χ1) is 31.6. The van der Waals surface area contributed by atoms with E-state index in [0.717, 1.165) is 77.0 Å². The SMILES string of the molecule is CC/C=C\C/C=C\C/C=C\C/C=C\C/C=C\CCCCCC(=O)OC(COCCCCCCCCCCCCCC/C=C\C/C=C\CCCCCCC)COP(=O)(O)OCC[N+](C)(C)C. The molecular formula is C56H101NO7P+. The number of likely N-dealkylation sites (N-methyl/N-ethyl adjacent to an activating group) is 1. The van der Waals surface area contributed by atoms with Crippen LogP contribution in [-0.4, -0.2) is 75.6 Å². The molecule has 0 saturated heterocycles. The van der Waals surface area contributed by atoms with Gasteiger partial charge in [0.15, 0.2) is 0 Å². The molecule has 9 heteroatoms. The zero-order valence-electron chi connectivity index (χ0n) is 42.7. The number of rotatable bonds is 48. The maximum Gasteiger partial charge on any atom is 0.472 e. The maximum atomic E-state index is 12.8. The van der Waals surface area contributed by atoms with Crippen molar-refractivity contribution in [2.75, 3.05) is 54.1 Å². The minimum absolute atomic E-state index is 0.0775. The predicted molar refractivity (Wildman–Crippen MR) is 279 cm³/mol. The molecule has 0 rings (SSSR count). The summed E-state index contributed by atoms with van der Waals surface area (Å²) in [6.07, 6.45) is 64.9. The van der Waals surface area contributed by atoms with Gasteiger partial charge in [0.25, 0.3) is 0 Å². The van der Waals surface area contributed by atoms with Gasteiger partial charge in [0, 0.05) is 13.0 Å². The lowest BCUT2D eigenvalue weighted by Crippen LogP contribution is -2.37. The van der Waals surface area contributed by atoms with Crippen LogP contribution in [0.25, 0.3) is 0 Å². The Morgan fingerprint density at radius 1 is 0.492 bits per heavy atom. The van der Waals surface area contributed by atoms with Crippen molar-refractivity contribution in [1.82, 2.24) is 0 Å². The molecule has 0 heterocycles. The van der Waals surface area contributed by atoms with Crippen LogP contribution in [0.4, 0.5) is 0 Å². The lowest BCUT2D eigenvalue weighted by Gasteiger charge is -2.24. The standard InChI is InChI=1S/C56H100NO7P/c1-6-8-10-12-14-16-18-20-22-24-26-27-28-29-30-32-34-36-38-40-42-44-46-48-51-61-53-55(54-63-65(59,60)62-52-50-57(3,4)5)64-56(58)49-47-45-43-41-39-37-35-33-31-25-23-21-19-17-15-13-11-9-7-2/h9,11,15,17-18,20-21,23-24,26,31,33,37,39,55H,6-8,10,12-14,16,19,22,25,27-30,32,34-36,38,40-54H2,1-5H3/p+1/b11-9-,17-15-,20-18-,23-21-,26-24-,33-31-,39-37-. The molecule has 0 spiro atoms. The van der Waals surface area contributed by atoms with E-state index in [2.05, 4.69) is 98.9 Å². The minimum atomic E-state index is -4.30. The topological polar surface area (TPSA) is 91.3 Å². The van der Waals surface area contributed by atoms with Crippen LogP contribution in [0.15, 0.2) is 85.1 Å². The van der Waals surface area contributed by atoms with Gasteiger partial charge in [-0.1, -0.05) is 195 Å². The van der Waals surface area contributed by atoms with Gasteiger partial charge in [-0.2, -0.15) is 0 Å². The number of ether oxygens (including phenoxy) is 2. The molecule has 0 aromatic carbocycles. The third-order valence-corrected chi connectivity index (χ3v) is 11.9. The van der Waals surface area contributed by atoms with Crippen LogP contribution < -0.4 is 0 Å². The first-order valence-electron chi connectivity index (χ1n) is 26.3. The Morgan fingerprint density at radius 3 is 1.34 bits per heavy atom. The van der Waals surface area contributed by atoms with Crippen LogP contribution in [0.1, 0.15) is 206 Å². The van der Waals surface area contributed by atoms with Crippen molar-refractivity contribution >= 4 is 13.8 Å². The zero-order chi connectivity index (χ0) is 47.6. The molecule has 65 heavy (non-hydrogen) atoms. The average molecular weight is 931 g/mol. The van der Waals surface area contributed by atoms with Crippen molar-refractivity contribution in [3.8, 4) is 0 Å². The number of quaternary nitrogens is 1. The Bertz CT molecular complexity index is 1310. The molecule has 0 radical (unpaired) electrons. The summed E-state index contributed by atoms with van der Waals surface area (Å²) in [6.45, 7) is 5.45. The molecule has 0 aliphatic rings. The summed E-state index contributed by atoms with van der Waals surface area (Å²) in [6, 6.07) is 0. The number of hydrogen-bond donors (Lipinski definition) is 1. The first-order valence-corrected chi connectivity index (χ1v) is 27.8. The molecule has 2 atom stereocenters. The van der Waals surface area contributed by atoms with E-state index in [0.29, 0.717) is 17.6 Å². The van der Waals surface area contributed by atoms with Crippen LogP contribution >= 0.6 is 7.82 Å². The lowest BCUT2D eigenvalue weighted by atomic mass is 10.0. The number of phosphoric ester groups is 1. The highest BCUT2D eigenvalue weighted by molar-refractivity contribution is 7.47. The molecular weight excluding hydrogens is 830 g/mol. The third-order valence-electron chi connectivity index (χ3n) is 10.9. The van der Waals surface area contributed by atoms with E-state index in [9.17, 15) is 14.3 Å². The van der Waals surface area contributed by atoms with E-state index in [4.69, 9.17) is 18.5 Å². The second-order valence-corrected chi connectivity index (χ2v) is 20.0. The smallest absolute Gasteiger partial charge is 0.457 e. The van der Waals surface area contributed by atoms with Crippen molar-refractivity contribution in [2.45, 2.75) is 213 Å². The van der Waals surface area contributed by atoms with E-state index in [1.54, 1.807) is 0 Å². The van der Waals surface area contributed by atoms with Gasteiger partial charge < -0.3 is 18.9 Å². The highest BCUT2D eigenvalue weighted by Gasteiger charge is 2.26. The Labute approximate surface area is 401 Å².